The Hall–Kier alpha value is -4.32. The highest BCUT2D eigenvalue weighted by atomic mass is 35.5. The number of halogens is 2. The molecule has 0 atom stereocenters. The molecule has 11 nitrogen and oxygen atoms in total. The van der Waals surface area contributed by atoms with E-state index >= 15 is 0 Å². The highest BCUT2D eigenvalue weighted by molar-refractivity contribution is 6.33. The predicted octanol–water partition coefficient (Wildman–Crippen LogP) is 2.43. The van der Waals surface area contributed by atoms with Gasteiger partial charge in [-0.1, -0.05) is 41.1 Å². The highest BCUT2D eigenvalue weighted by Crippen LogP contribution is 2.20. The van der Waals surface area contributed by atoms with Crippen molar-refractivity contribution in [1.29, 1.82) is 0 Å². The summed E-state index contributed by atoms with van der Waals surface area (Å²) in [5.41, 5.74) is 9.33. The molecule has 33 heavy (non-hydrogen) atoms. The molecule has 0 bridgehead atoms. The molecule has 4 aromatic rings. The Morgan fingerprint density at radius 3 is 2.76 bits per heavy atom. The van der Waals surface area contributed by atoms with Crippen LogP contribution in [-0.4, -0.2) is 44.5 Å². The van der Waals surface area contributed by atoms with Crippen LogP contribution in [0.25, 0.3) is 5.82 Å². The van der Waals surface area contributed by atoms with Gasteiger partial charge in [0.1, 0.15) is 5.82 Å². The minimum atomic E-state index is -0.684. The molecule has 2 aromatic heterocycles. The summed E-state index contributed by atoms with van der Waals surface area (Å²) in [6.45, 7) is 0.203. The van der Waals surface area contributed by atoms with E-state index < -0.39 is 11.7 Å². The summed E-state index contributed by atoms with van der Waals surface area (Å²) < 4.78 is 19.8. The molecule has 0 fully saturated rings. The molecule has 0 aliphatic rings. The number of rotatable bonds is 7. The van der Waals surface area contributed by atoms with Gasteiger partial charge in [-0.05, 0) is 34.6 Å². The van der Waals surface area contributed by atoms with E-state index in [1.807, 2.05) is 42.3 Å². The Balaban J connectivity index is 1.63. The van der Waals surface area contributed by atoms with Crippen molar-refractivity contribution in [3.8, 4) is 5.82 Å². The first kappa shape index (κ1) is 21.9. The first-order valence-electron chi connectivity index (χ1n) is 9.52. The predicted molar refractivity (Wildman–Crippen MR) is 119 cm³/mol. The lowest BCUT2D eigenvalue weighted by Gasteiger charge is -2.19. The van der Waals surface area contributed by atoms with Crippen LogP contribution < -0.4 is 16.1 Å². The number of amides is 1. The van der Waals surface area contributed by atoms with Crippen LogP contribution in [0.15, 0.2) is 58.3 Å². The van der Waals surface area contributed by atoms with Gasteiger partial charge in [-0.3, -0.25) is 4.79 Å². The number of carbonyl (C=O) groups is 1. The Kier molecular flexibility index (Phi) is 6.26. The van der Waals surface area contributed by atoms with Gasteiger partial charge in [0, 0.05) is 18.3 Å². The van der Waals surface area contributed by atoms with Gasteiger partial charge < -0.3 is 10.6 Å². The Bertz CT molecular complexity index is 1290. The number of nitrogens with one attached hydrogen (secondary N) is 1. The van der Waals surface area contributed by atoms with Crippen LogP contribution in [0.4, 0.5) is 15.9 Å². The zero-order valence-electron chi connectivity index (χ0n) is 17.2. The van der Waals surface area contributed by atoms with Crippen molar-refractivity contribution in [2.75, 3.05) is 17.7 Å². The Labute approximate surface area is 191 Å². The number of nitrogens with zero attached hydrogens (tertiary/aromatic N) is 7. The lowest BCUT2D eigenvalue weighted by Crippen LogP contribution is -2.24. The third-order valence-corrected chi connectivity index (χ3v) is 4.95. The molecule has 0 saturated heterocycles. The standard InChI is InChI=1S/C20H17ClFN9O2/c1-30(12-6-3-2-4-7-12)11-16-17(25-29-31(16)19-18(23)27-33-28-19)20(32)26-24-10-13-14(21)8-5-9-15(13)22/h2-10H,11H2,1H3,(H2,23,27)(H,26,32)/b24-10+. The molecule has 0 aliphatic heterocycles. The van der Waals surface area contributed by atoms with E-state index in [2.05, 4.69) is 35.8 Å². The number of aromatic nitrogens is 5. The third kappa shape index (κ3) is 4.65. The molecule has 0 saturated carbocycles. The minimum Gasteiger partial charge on any atom is -0.378 e. The van der Waals surface area contributed by atoms with E-state index in [4.69, 9.17) is 17.3 Å². The second-order valence-electron chi connectivity index (χ2n) is 6.80. The van der Waals surface area contributed by atoms with Crippen LogP contribution in [0, 0.1) is 5.82 Å². The van der Waals surface area contributed by atoms with Crippen LogP contribution in [0.2, 0.25) is 5.02 Å². The second-order valence-corrected chi connectivity index (χ2v) is 7.20. The summed E-state index contributed by atoms with van der Waals surface area (Å²) in [6.07, 6.45) is 1.11. The normalized spacial score (nSPS) is 11.1. The highest BCUT2D eigenvalue weighted by Gasteiger charge is 2.25. The summed E-state index contributed by atoms with van der Waals surface area (Å²) in [5.74, 6) is -1.20. The average Bonchev–Trinajstić information content (AvgIpc) is 3.42. The fourth-order valence-corrected chi connectivity index (χ4v) is 3.18. The maximum atomic E-state index is 13.9. The van der Waals surface area contributed by atoms with Crippen LogP contribution in [0.3, 0.4) is 0 Å². The van der Waals surface area contributed by atoms with E-state index in [-0.39, 0.29) is 34.5 Å². The molecule has 0 spiro atoms. The number of hydrazone groups is 1. The molecule has 2 aromatic carbocycles. The van der Waals surface area contributed by atoms with Gasteiger partial charge in [-0.15, -0.1) is 5.10 Å². The first-order valence-corrected chi connectivity index (χ1v) is 9.90. The molecule has 13 heteroatoms. The van der Waals surface area contributed by atoms with Crippen LogP contribution >= 0.6 is 11.6 Å². The molecule has 168 valence electrons. The lowest BCUT2D eigenvalue weighted by molar-refractivity contribution is 0.0949. The Morgan fingerprint density at radius 1 is 1.27 bits per heavy atom. The van der Waals surface area contributed by atoms with Crippen LogP contribution in [-0.2, 0) is 6.54 Å². The van der Waals surface area contributed by atoms with Crippen molar-refractivity contribution in [3.05, 3.63) is 76.3 Å². The molecular formula is C20H17ClFN9O2. The van der Waals surface area contributed by atoms with E-state index in [0.29, 0.717) is 5.69 Å². The molecule has 3 N–H and O–H groups in total. The summed E-state index contributed by atoms with van der Waals surface area (Å²) in [7, 11) is 1.83. The van der Waals surface area contributed by atoms with Gasteiger partial charge in [0.05, 0.1) is 23.5 Å². The summed E-state index contributed by atoms with van der Waals surface area (Å²) in [6, 6.07) is 13.7. The van der Waals surface area contributed by atoms with Gasteiger partial charge in [0.2, 0.25) is 11.6 Å². The number of nitrogens with two attached hydrogens (primary N) is 1. The van der Waals surface area contributed by atoms with Crippen molar-refractivity contribution in [2.45, 2.75) is 6.54 Å². The second kappa shape index (κ2) is 9.44. The van der Waals surface area contributed by atoms with Gasteiger partial charge in [0.25, 0.3) is 5.91 Å². The van der Waals surface area contributed by atoms with Crippen molar-refractivity contribution in [2.24, 2.45) is 5.10 Å². The minimum absolute atomic E-state index is 0.0253. The van der Waals surface area contributed by atoms with E-state index in [0.717, 1.165) is 11.9 Å². The molecule has 1 amide bonds. The number of hydrogen-bond donors (Lipinski definition) is 2. The number of hydrogen-bond acceptors (Lipinski definition) is 9. The smallest absolute Gasteiger partial charge is 0.293 e. The number of para-hydroxylation sites is 1. The van der Waals surface area contributed by atoms with E-state index in [1.54, 1.807) is 0 Å². The number of nitrogen functional groups attached to an aromatic ring is 1. The molecule has 0 aliphatic carbocycles. The van der Waals surface area contributed by atoms with Gasteiger partial charge >= 0.3 is 0 Å². The van der Waals surface area contributed by atoms with Crippen LogP contribution in [0.5, 0.6) is 0 Å². The van der Waals surface area contributed by atoms with Crippen LogP contribution in [0.1, 0.15) is 21.7 Å². The molecule has 0 unspecified atom stereocenters. The van der Waals surface area contributed by atoms with Gasteiger partial charge in [-0.2, -0.15) is 9.78 Å². The van der Waals surface area contributed by atoms with Crippen molar-refractivity contribution >= 4 is 35.2 Å². The maximum absolute atomic E-state index is 13.9. The van der Waals surface area contributed by atoms with Crippen molar-refractivity contribution in [3.63, 3.8) is 0 Å². The van der Waals surface area contributed by atoms with Crippen molar-refractivity contribution in [1.82, 2.24) is 30.7 Å². The number of benzene rings is 2. The molecule has 2 heterocycles. The monoisotopic (exact) mass is 469 g/mol. The van der Waals surface area contributed by atoms with Gasteiger partial charge in [0.15, 0.2) is 5.69 Å². The summed E-state index contributed by atoms with van der Waals surface area (Å²) in [4.78, 5) is 14.7. The quantitative estimate of drug-likeness (QED) is 0.310. The topological polar surface area (TPSA) is 140 Å². The lowest BCUT2D eigenvalue weighted by atomic mass is 10.2. The fourth-order valence-electron chi connectivity index (χ4n) is 2.97. The van der Waals surface area contributed by atoms with Crippen molar-refractivity contribution < 1.29 is 13.8 Å². The molecule has 0 radical (unpaired) electrons. The summed E-state index contributed by atoms with van der Waals surface area (Å²) in [5, 5.41) is 19.2. The zero-order chi connectivity index (χ0) is 23.4. The largest absolute Gasteiger partial charge is 0.378 e. The third-order valence-electron chi connectivity index (χ3n) is 4.62. The molecular weight excluding hydrogens is 453 g/mol. The number of anilines is 2. The van der Waals surface area contributed by atoms with E-state index in [1.165, 1.54) is 22.9 Å². The van der Waals surface area contributed by atoms with E-state index in [9.17, 15) is 9.18 Å². The fraction of sp³-hybridized carbons (Fsp3) is 0.100. The first-order chi connectivity index (χ1) is 16.0. The molecule has 4 rings (SSSR count). The van der Waals surface area contributed by atoms with Gasteiger partial charge in [-0.25, -0.2) is 14.4 Å². The number of carbonyl (C=O) groups excluding carboxylic acids is 1. The average molecular weight is 470 g/mol. The maximum Gasteiger partial charge on any atom is 0.293 e. The summed E-state index contributed by atoms with van der Waals surface area (Å²) >= 11 is 5.97. The Morgan fingerprint density at radius 2 is 2.06 bits per heavy atom. The SMILES string of the molecule is CN(Cc1c(C(=O)N/N=C/c2c(F)cccc2Cl)nnn1-c1nonc1N)c1ccccc1. The zero-order valence-corrected chi connectivity index (χ0v) is 17.9.